The fraction of sp³-hybridized carbons (Fsp3) is 1.00. The molecule has 1 nitrogen and oxygen atoms in total. The second-order valence-corrected chi connectivity index (χ2v) is 5.51. The fourth-order valence-electron chi connectivity index (χ4n) is 1.85. The summed E-state index contributed by atoms with van der Waals surface area (Å²) in [7, 11) is 0. The summed E-state index contributed by atoms with van der Waals surface area (Å²) in [5.41, 5.74) is 0. The summed E-state index contributed by atoms with van der Waals surface area (Å²) in [4.78, 5) is 0. The van der Waals surface area contributed by atoms with Gasteiger partial charge in [-0.05, 0) is 38.0 Å². The van der Waals surface area contributed by atoms with E-state index in [0.29, 0.717) is 0 Å². The van der Waals surface area contributed by atoms with E-state index in [1.54, 1.807) is 0 Å². The van der Waals surface area contributed by atoms with Crippen LogP contribution in [0, 0.1) is 0 Å². The molecule has 0 saturated heterocycles. The van der Waals surface area contributed by atoms with E-state index in [2.05, 4.69) is 44.8 Å². The Morgan fingerprint density at radius 1 is 1.00 bits per heavy atom. The Bertz CT molecular complexity index is 128. The number of nitrogens with one attached hydrogen (secondary N) is 1. The molecule has 0 heterocycles. The highest BCUT2D eigenvalue weighted by Gasteiger charge is 2.18. The predicted molar refractivity (Wildman–Crippen MR) is 73.8 cm³/mol. The van der Waals surface area contributed by atoms with Gasteiger partial charge in [0.25, 0.3) is 0 Å². The van der Waals surface area contributed by atoms with Gasteiger partial charge in [0.1, 0.15) is 0 Å². The Hall–Kier alpha value is 0.310. The van der Waals surface area contributed by atoms with Crippen molar-refractivity contribution in [1.82, 2.24) is 5.32 Å². The third kappa shape index (κ3) is 7.24. The second-order valence-electron chi connectivity index (χ2n) is 4.17. The summed E-state index contributed by atoms with van der Waals surface area (Å²) >= 11 is 2.16. The van der Waals surface area contributed by atoms with Gasteiger partial charge in [-0.3, -0.25) is 0 Å². The lowest BCUT2D eigenvalue weighted by Gasteiger charge is -2.26. The minimum absolute atomic E-state index is 0.733. The maximum atomic E-state index is 3.71. The first-order valence-electron chi connectivity index (χ1n) is 6.64. The van der Waals surface area contributed by atoms with Crippen molar-refractivity contribution in [2.24, 2.45) is 0 Å². The number of hydrogen-bond acceptors (Lipinski definition) is 2. The monoisotopic (exact) mass is 231 g/mol. The van der Waals surface area contributed by atoms with Crippen LogP contribution < -0.4 is 5.32 Å². The molecule has 0 fully saturated rings. The van der Waals surface area contributed by atoms with Crippen LogP contribution in [0.25, 0.3) is 0 Å². The summed E-state index contributed by atoms with van der Waals surface area (Å²) in [5, 5.41) is 4.53. The van der Waals surface area contributed by atoms with Gasteiger partial charge >= 0.3 is 0 Å². The first-order chi connectivity index (χ1) is 7.29. The van der Waals surface area contributed by atoms with E-state index in [0.717, 1.165) is 11.3 Å². The largest absolute Gasteiger partial charge is 0.313 e. The average Bonchev–Trinajstić information content (AvgIpc) is 2.26. The molecule has 0 rings (SSSR count). The van der Waals surface area contributed by atoms with E-state index in [1.807, 2.05) is 0 Å². The maximum absolute atomic E-state index is 3.71. The first-order valence-corrected chi connectivity index (χ1v) is 7.69. The van der Waals surface area contributed by atoms with Crippen molar-refractivity contribution in [2.45, 2.75) is 71.1 Å². The van der Waals surface area contributed by atoms with Crippen molar-refractivity contribution < 1.29 is 0 Å². The molecule has 0 bridgehead atoms. The Labute approximate surface area is 101 Å². The summed E-state index contributed by atoms with van der Waals surface area (Å²) in [6, 6.07) is 0.733. The molecule has 2 heteroatoms. The van der Waals surface area contributed by atoms with Crippen LogP contribution in [0.5, 0.6) is 0 Å². The van der Waals surface area contributed by atoms with Crippen LogP contribution in [-0.4, -0.2) is 23.6 Å². The molecule has 0 aliphatic rings. The van der Waals surface area contributed by atoms with Crippen LogP contribution in [-0.2, 0) is 0 Å². The SMILES string of the molecule is CCCNC(CCC)C(CC)SCCC. The third-order valence-electron chi connectivity index (χ3n) is 2.64. The van der Waals surface area contributed by atoms with E-state index in [-0.39, 0.29) is 0 Å². The van der Waals surface area contributed by atoms with Gasteiger partial charge < -0.3 is 5.32 Å². The minimum atomic E-state index is 0.733. The molecule has 0 spiro atoms. The third-order valence-corrected chi connectivity index (χ3v) is 4.38. The van der Waals surface area contributed by atoms with E-state index < -0.39 is 0 Å². The standard InChI is InChI=1S/C13H29NS/c1-5-9-12(14-10-6-2)13(8-4)15-11-7-3/h12-14H,5-11H2,1-4H3. The van der Waals surface area contributed by atoms with Gasteiger partial charge in [-0.15, -0.1) is 0 Å². The topological polar surface area (TPSA) is 12.0 Å². The molecule has 0 radical (unpaired) electrons. The average molecular weight is 231 g/mol. The zero-order valence-electron chi connectivity index (χ0n) is 11.0. The quantitative estimate of drug-likeness (QED) is 0.608. The van der Waals surface area contributed by atoms with Crippen LogP contribution in [0.4, 0.5) is 0 Å². The van der Waals surface area contributed by atoms with Crippen molar-refractivity contribution in [2.75, 3.05) is 12.3 Å². The lowest BCUT2D eigenvalue weighted by molar-refractivity contribution is 0.454. The zero-order valence-corrected chi connectivity index (χ0v) is 11.8. The van der Waals surface area contributed by atoms with Crippen LogP contribution in [0.15, 0.2) is 0 Å². The van der Waals surface area contributed by atoms with Crippen molar-refractivity contribution in [3.63, 3.8) is 0 Å². The van der Waals surface area contributed by atoms with E-state index >= 15 is 0 Å². The number of rotatable bonds is 10. The normalized spacial score (nSPS) is 15.2. The van der Waals surface area contributed by atoms with Crippen molar-refractivity contribution in [3.05, 3.63) is 0 Å². The molecule has 0 saturated carbocycles. The molecule has 2 atom stereocenters. The molecule has 0 aliphatic carbocycles. The molecule has 0 aromatic carbocycles. The van der Waals surface area contributed by atoms with Gasteiger partial charge in [-0.1, -0.05) is 34.1 Å². The Kier molecular flexibility index (Phi) is 11.0. The number of hydrogen-bond donors (Lipinski definition) is 1. The summed E-state index contributed by atoms with van der Waals surface area (Å²) in [5.74, 6) is 1.31. The van der Waals surface area contributed by atoms with E-state index in [4.69, 9.17) is 0 Å². The second kappa shape index (κ2) is 10.8. The predicted octanol–water partition coefficient (Wildman–Crippen LogP) is 4.08. The van der Waals surface area contributed by atoms with E-state index in [9.17, 15) is 0 Å². The molecule has 15 heavy (non-hydrogen) atoms. The smallest absolute Gasteiger partial charge is 0.0198 e. The maximum Gasteiger partial charge on any atom is 0.0198 e. The molecular formula is C13H29NS. The lowest BCUT2D eigenvalue weighted by atomic mass is 10.1. The lowest BCUT2D eigenvalue weighted by Crippen LogP contribution is -2.38. The highest BCUT2D eigenvalue weighted by molar-refractivity contribution is 7.99. The van der Waals surface area contributed by atoms with E-state index in [1.165, 1.54) is 44.4 Å². The van der Waals surface area contributed by atoms with Gasteiger partial charge in [0, 0.05) is 11.3 Å². The summed E-state index contributed by atoms with van der Waals surface area (Å²) in [6.07, 6.45) is 6.47. The van der Waals surface area contributed by atoms with Gasteiger partial charge in [-0.25, -0.2) is 0 Å². The molecule has 0 aromatic rings. The Morgan fingerprint density at radius 2 is 1.73 bits per heavy atom. The van der Waals surface area contributed by atoms with Crippen LogP contribution in [0.3, 0.4) is 0 Å². The fourth-order valence-corrected chi connectivity index (χ4v) is 3.09. The molecule has 92 valence electrons. The molecular weight excluding hydrogens is 202 g/mol. The van der Waals surface area contributed by atoms with Crippen LogP contribution >= 0.6 is 11.8 Å². The summed E-state index contributed by atoms with van der Waals surface area (Å²) in [6.45, 7) is 10.3. The molecule has 0 amide bonds. The first kappa shape index (κ1) is 15.3. The Morgan fingerprint density at radius 3 is 2.20 bits per heavy atom. The van der Waals surface area contributed by atoms with Crippen molar-refractivity contribution in [1.29, 1.82) is 0 Å². The van der Waals surface area contributed by atoms with Gasteiger partial charge in [-0.2, -0.15) is 11.8 Å². The van der Waals surface area contributed by atoms with Crippen LogP contribution in [0.1, 0.15) is 59.8 Å². The zero-order chi connectivity index (χ0) is 11.5. The van der Waals surface area contributed by atoms with Gasteiger partial charge in [0.15, 0.2) is 0 Å². The van der Waals surface area contributed by atoms with Crippen molar-refractivity contribution >= 4 is 11.8 Å². The van der Waals surface area contributed by atoms with Gasteiger partial charge in [0.2, 0.25) is 0 Å². The molecule has 2 unspecified atom stereocenters. The molecule has 0 aliphatic heterocycles. The number of thioether (sulfide) groups is 1. The molecule has 1 N–H and O–H groups in total. The highest BCUT2D eigenvalue weighted by atomic mass is 32.2. The minimum Gasteiger partial charge on any atom is -0.313 e. The Balaban J connectivity index is 4.00. The highest BCUT2D eigenvalue weighted by Crippen LogP contribution is 2.21. The summed E-state index contributed by atoms with van der Waals surface area (Å²) < 4.78 is 0. The van der Waals surface area contributed by atoms with Crippen molar-refractivity contribution in [3.8, 4) is 0 Å². The van der Waals surface area contributed by atoms with Crippen LogP contribution in [0.2, 0.25) is 0 Å². The van der Waals surface area contributed by atoms with Gasteiger partial charge in [0.05, 0.1) is 0 Å². The molecule has 0 aromatic heterocycles.